The fourth-order valence-electron chi connectivity index (χ4n) is 3.46. The maximum atomic E-state index is 12.4. The lowest BCUT2D eigenvalue weighted by molar-refractivity contribution is 0.0662. The molecule has 6 heteroatoms. The van der Waals surface area contributed by atoms with Crippen LogP contribution in [0.3, 0.4) is 0 Å². The van der Waals surface area contributed by atoms with Crippen molar-refractivity contribution in [3.63, 3.8) is 0 Å². The van der Waals surface area contributed by atoms with Crippen molar-refractivity contribution in [2.24, 2.45) is 0 Å². The number of nitrogens with one attached hydrogen (secondary N) is 2. The summed E-state index contributed by atoms with van der Waals surface area (Å²) in [5, 5.41) is 4.44. The molecule has 0 aliphatic carbocycles. The smallest absolute Gasteiger partial charge is 0.289 e. The van der Waals surface area contributed by atoms with Crippen molar-refractivity contribution in [3.05, 3.63) is 70.4 Å². The topological polar surface area (TPSA) is 78.3 Å². The maximum Gasteiger partial charge on any atom is 0.289 e. The molecule has 1 atom stereocenters. The molecule has 1 aromatic carbocycles. The molecule has 1 saturated heterocycles. The molecule has 134 valence electrons. The van der Waals surface area contributed by atoms with E-state index in [1.165, 1.54) is 6.26 Å². The molecule has 1 unspecified atom stereocenters. The number of aromatic amines is 1. The SMILES string of the molecule is O=C(c1ccco1)N1CCCC(NCc2cc3ccccc3[nH]c2=O)C1. The van der Waals surface area contributed by atoms with Crippen molar-refractivity contribution in [1.29, 1.82) is 0 Å². The molecule has 3 aromatic rings. The quantitative estimate of drug-likeness (QED) is 0.757. The molecule has 2 N–H and O–H groups in total. The van der Waals surface area contributed by atoms with Crippen molar-refractivity contribution in [2.45, 2.75) is 25.4 Å². The molecule has 0 saturated carbocycles. The number of para-hydroxylation sites is 1. The minimum Gasteiger partial charge on any atom is -0.459 e. The van der Waals surface area contributed by atoms with Crippen LogP contribution in [0.2, 0.25) is 0 Å². The van der Waals surface area contributed by atoms with E-state index < -0.39 is 0 Å². The average Bonchev–Trinajstić information content (AvgIpc) is 3.21. The first-order valence-corrected chi connectivity index (χ1v) is 8.88. The predicted molar refractivity (Wildman–Crippen MR) is 99.0 cm³/mol. The van der Waals surface area contributed by atoms with Crippen LogP contribution >= 0.6 is 0 Å². The molecule has 0 bridgehead atoms. The minimum atomic E-state index is -0.0787. The summed E-state index contributed by atoms with van der Waals surface area (Å²) >= 11 is 0. The van der Waals surface area contributed by atoms with Gasteiger partial charge in [0.05, 0.1) is 6.26 Å². The highest BCUT2D eigenvalue weighted by Gasteiger charge is 2.25. The van der Waals surface area contributed by atoms with E-state index in [2.05, 4.69) is 10.3 Å². The van der Waals surface area contributed by atoms with Crippen LogP contribution in [0.15, 0.2) is 57.9 Å². The van der Waals surface area contributed by atoms with E-state index in [9.17, 15) is 9.59 Å². The summed E-state index contributed by atoms with van der Waals surface area (Å²) in [5.74, 6) is 0.293. The Hall–Kier alpha value is -2.86. The fourth-order valence-corrected chi connectivity index (χ4v) is 3.46. The Kier molecular flexibility index (Phi) is 4.58. The number of piperidine rings is 1. The first-order valence-electron chi connectivity index (χ1n) is 8.88. The van der Waals surface area contributed by atoms with Gasteiger partial charge < -0.3 is 19.6 Å². The largest absolute Gasteiger partial charge is 0.459 e. The number of carbonyl (C=O) groups is 1. The summed E-state index contributed by atoms with van der Waals surface area (Å²) in [5.41, 5.74) is 1.47. The minimum absolute atomic E-state index is 0.0736. The van der Waals surface area contributed by atoms with Gasteiger partial charge in [-0.2, -0.15) is 0 Å². The summed E-state index contributed by atoms with van der Waals surface area (Å²) in [6.07, 6.45) is 3.42. The summed E-state index contributed by atoms with van der Waals surface area (Å²) in [4.78, 5) is 29.4. The Labute approximate surface area is 150 Å². The molecule has 1 amide bonds. The predicted octanol–water partition coefficient (Wildman–Crippen LogP) is 2.52. The normalized spacial score (nSPS) is 17.5. The van der Waals surface area contributed by atoms with Crippen molar-refractivity contribution in [1.82, 2.24) is 15.2 Å². The van der Waals surface area contributed by atoms with Gasteiger partial charge in [0, 0.05) is 36.8 Å². The van der Waals surface area contributed by atoms with Crippen molar-refractivity contribution >= 4 is 16.8 Å². The summed E-state index contributed by atoms with van der Waals surface area (Å²) in [6.45, 7) is 1.83. The third kappa shape index (κ3) is 3.41. The van der Waals surface area contributed by atoms with E-state index in [1.54, 1.807) is 12.1 Å². The zero-order valence-electron chi connectivity index (χ0n) is 14.4. The van der Waals surface area contributed by atoms with Crippen molar-refractivity contribution < 1.29 is 9.21 Å². The Morgan fingerprint density at radius 2 is 2.15 bits per heavy atom. The van der Waals surface area contributed by atoms with Gasteiger partial charge in [-0.3, -0.25) is 9.59 Å². The molecular formula is C20H21N3O3. The highest BCUT2D eigenvalue weighted by Crippen LogP contribution is 2.15. The first kappa shape index (κ1) is 16.6. The zero-order valence-corrected chi connectivity index (χ0v) is 14.4. The van der Waals surface area contributed by atoms with Crippen LogP contribution in [0.4, 0.5) is 0 Å². The Bertz CT molecular complexity index is 962. The van der Waals surface area contributed by atoms with Gasteiger partial charge in [-0.15, -0.1) is 0 Å². The Morgan fingerprint density at radius 1 is 1.27 bits per heavy atom. The third-order valence-corrected chi connectivity index (χ3v) is 4.85. The van der Waals surface area contributed by atoms with Crippen LogP contribution in [0.1, 0.15) is 29.0 Å². The van der Waals surface area contributed by atoms with Crippen LogP contribution in [0.25, 0.3) is 10.9 Å². The van der Waals surface area contributed by atoms with Gasteiger partial charge in [0.25, 0.3) is 11.5 Å². The van der Waals surface area contributed by atoms with Gasteiger partial charge in [0.1, 0.15) is 0 Å². The van der Waals surface area contributed by atoms with Gasteiger partial charge in [-0.25, -0.2) is 0 Å². The second-order valence-electron chi connectivity index (χ2n) is 6.66. The monoisotopic (exact) mass is 351 g/mol. The third-order valence-electron chi connectivity index (χ3n) is 4.85. The van der Waals surface area contributed by atoms with Gasteiger partial charge in [-0.1, -0.05) is 18.2 Å². The number of pyridine rings is 1. The number of fused-ring (bicyclic) bond motifs is 1. The van der Waals surface area contributed by atoms with Crippen LogP contribution in [0.5, 0.6) is 0 Å². The van der Waals surface area contributed by atoms with E-state index in [4.69, 9.17) is 4.42 Å². The fraction of sp³-hybridized carbons (Fsp3) is 0.300. The molecule has 1 aliphatic heterocycles. The lowest BCUT2D eigenvalue weighted by Gasteiger charge is -2.32. The first-order chi connectivity index (χ1) is 12.7. The van der Waals surface area contributed by atoms with Crippen LogP contribution in [-0.4, -0.2) is 34.9 Å². The summed E-state index contributed by atoms with van der Waals surface area (Å²) in [7, 11) is 0. The van der Waals surface area contributed by atoms with E-state index >= 15 is 0 Å². The van der Waals surface area contributed by atoms with Gasteiger partial charge >= 0.3 is 0 Å². The zero-order chi connectivity index (χ0) is 17.9. The van der Waals surface area contributed by atoms with Crippen molar-refractivity contribution in [2.75, 3.05) is 13.1 Å². The number of likely N-dealkylation sites (tertiary alicyclic amines) is 1. The second kappa shape index (κ2) is 7.17. The van der Waals surface area contributed by atoms with E-state index in [1.807, 2.05) is 35.2 Å². The number of carbonyl (C=O) groups excluding carboxylic acids is 1. The number of amides is 1. The van der Waals surface area contributed by atoms with Gasteiger partial charge in [0.2, 0.25) is 0 Å². The molecule has 0 spiro atoms. The lowest BCUT2D eigenvalue weighted by Crippen LogP contribution is -2.48. The molecule has 26 heavy (non-hydrogen) atoms. The number of furan rings is 1. The molecule has 6 nitrogen and oxygen atoms in total. The van der Waals surface area contributed by atoms with Crippen LogP contribution < -0.4 is 10.9 Å². The van der Waals surface area contributed by atoms with Crippen LogP contribution in [0, 0.1) is 0 Å². The Morgan fingerprint density at radius 3 is 3.00 bits per heavy atom. The number of benzene rings is 1. The molecule has 1 fully saturated rings. The van der Waals surface area contributed by atoms with E-state index in [-0.39, 0.29) is 17.5 Å². The van der Waals surface area contributed by atoms with Gasteiger partial charge in [-0.05, 0) is 42.5 Å². The second-order valence-corrected chi connectivity index (χ2v) is 6.66. The maximum absolute atomic E-state index is 12.4. The highest BCUT2D eigenvalue weighted by atomic mass is 16.3. The van der Waals surface area contributed by atoms with Crippen LogP contribution in [-0.2, 0) is 6.54 Å². The summed E-state index contributed by atoms with van der Waals surface area (Å²) < 4.78 is 5.21. The molecule has 3 heterocycles. The molecule has 1 aliphatic rings. The molecule has 0 radical (unpaired) electrons. The highest BCUT2D eigenvalue weighted by molar-refractivity contribution is 5.91. The summed E-state index contributed by atoms with van der Waals surface area (Å²) in [6, 6.07) is 13.2. The number of nitrogens with zero attached hydrogens (tertiary/aromatic N) is 1. The number of rotatable bonds is 4. The number of hydrogen-bond acceptors (Lipinski definition) is 4. The van der Waals surface area contributed by atoms with Gasteiger partial charge in [0.15, 0.2) is 5.76 Å². The average molecular weight is 351 g/mol. The molecular weight excluding hydrogens is 330 g/mol. The Balaban J connectivity index is 1.42. The lowest BCUT2D eigenvalue weighted by atomic mass is 10.0. The van der Waals surface area contributed by atoms with E-state index in [0.29, 0.717) is 24.4 Å². The number of H-pyrrole nitrogens is 1. The molecule has 4 rings (SSSR count). The molecule has 2 aromatic heterocycles. The standard InChI is InChI=1S/C20H21N3O3/c24-19-15(11-14-5-1-2-7-17(14)22-19)12-21-16-6-3-9-23(13-16)20(25)18-8-4-10-26-18/h1-2,4-5,7-8,10-11,16,21H,3,6,9,12-13H2,(H,22,24). The number of hydrogen-bond donors (Lipinski definition) is 2. The van der Waals surface area contributed by atoms with E-state index in [0.717, 1.165) is 30.3 Å². The number of aromatic nitrogens is 1. The van der Waals surface area contributed by atoms with Crippen molar-refractivity contribution in [3.8, 4) is 0 Å².